The van der Waals surface area contributed by atoms with Crippen molar-refractivity contribution < 1.29 is 9.59 Å². The highest BCUT2D eigenvalue weighted by Crippen LogP contribution is 2.27. The monoisotopic (exact) mass is 394 g/mol. The van der Waals surface area contributed by atoms with E-state index in [1.54, 1.807) is 31.4 Å². The average Bonchev–Trinajstić information content (AvgIpc) is 3.18. The van der Waals surface area contributed by atoms with Crippen molar-refractivity contribution in [1.29, 1.82) is 0 Å². The molecule has 2 aromatic carbocycles. The second kappa shape index (κ2) is 7.48. The lowest BCUT2D eigenvalue weighted by Gasteiger charge is -2.21. The Kier molecular flexibility index (Phi) is 4.88. The maximum atomic E-state index is 12.9. The molecule has 2 heterocycles. The number of H-pyrrole nitrogens is 1. The standard InChI is InChI=1S/C21H19ClN4O2/c1-26-19-7-6-16(22)10-17(19)20(27)25-18(21(26)28)9-14-4-2-13(3-5-14)8-15-11-23-24-12-15/h2-7,10-12,18H,8-9H2,1H3,(H,23,24)(H,25,27). The van der Waals surface area contributed by atoms with Gasteiger partial charge in [0.25, 0.3) is 5.91 Å². The van der Waals surface area contributed by atoms with Gasteiger partial charge in [0.15, 0.2) is 0 Å². The second-order valence-electron chi connectivity index (χ2n) is 6.89. The van der Waals surface area contributed by atoms with Gasteiger partial charge < -0.3 is 10.2 Å². The number of aromatic nitrogens is 2. The number of anilines is 1. The summed E-state index contributed by atoms with van der Waals surface area (Å²) in [6.07, 6.45) is 4.87. The van der Waals surface area contributed by atoms with Gasteiger partial charge in [0.1, 0.15) is 6.04 Å². The SMILES string of the molecule is CN1C(=O)C(Cc2ccc(Cc3cn[nH]c3)cc2)NC(=O)c2cc(Cl)ccc21. The van der Waals surface area contributed by atoms with Gasteiger partial charge in [-0.1, -0.05) is 35.9 Å². The number of halogens is 1. The van der Waals surface area contributed by atoms with Crippen LogP contribution in [0.3, 0.4) is 0 Å². The van der Waals surface area contributed by atoms with Gasteiger partial charge in [-0.15, -0.1) is 0 Å². The lowest BCUT2D eigenvalue weighted by Crippen LogP contribution is -2.45. The van der Waals surface area contributed by atoms with Gasteiger partial charge in [-0.05, 0) is 34.9 Å². The van der Waals surface area contributed by atoms with Gasteiger partial charge in [0, 0.05) is 31.1 Å². The zero-order valence-electron chi connectivity index (χ0n) is 15.3. The van der Waals surface area contributed by atoms with E-state index in [1.807, 2.05) is 30.5 Å². The number of likely N-dealkylation sites (N-methyl/N-ethyl adjacent to an activating group) is 1. The summed E-state index contributed by atoms with van der Waals surface area (Å²) in [5, 5.41) is 10.1. The van der Waals surface area contributed by atoms with E-state index in [1.165, 1.54) is 4.90 Å². The predicted molar refractivity (Wildman–Crippen MR) is 108 cm³/mol. The summed E-state index contributed by atoms with van der Waals surface area (Å²) in [7, 11) is 1.68. The fourth-order valence-electron chi connectivity index (χ4n) is 3.41. The van der Waals surface area contributed by atoms with Crippen LogP contribution in [0.2, 0.25) is 5.02 Å². The van der Waals surface area contributed by atoms with Crippen molar-refractivity contribution in [2.45, 2.75) is 18.9 Å². The van der Waals surface area contributed by atoms with Crippen LogP contribution in [-0.4, -0.2) is 35.1 Å². The van der Waals surface area contributed by atoms with Crippen LogP contribution in [0.25, 0.3) is 0 Å². The number of nitrogens with zero attached hydrogens (tertiary/aromatic N) is 2. The lowest BCUT2D eigenvalue weighted by molar-refractivity contribution is -0.120. The van der Waals surface area contributed by atoms with Crippen molar-refractivity contribution in [3.05, 3.63) is 82.1 Å². The Morgan fingerprint density at radius 2 is 1.82 bits per heavy atom. The molecule has 1 aliphatic heterocycles. The molecule has 0 fully saturated rings. The summed E-state index contributed by atoms with van der Waals surface area (Å²) in [5.74, 6) is -0.450. The fraction of sp³-hybridized carbons (Fsp3) is 0.190. The Hall–Kier alpha value is -3.12. The molecular formula is C21H19ClN4O2. The third-order valence-electron chi connectivity index (χ3n) is 4.92. The quantitative estimate of drug-likeness (QED) is 0.714. The summed E-state index contributed by atoms with van der Waals surface area (Å²) in [5.41, 5.74) is 4.20. The molecule has 0 saturated carbocycles. The molecule has 7 heteroatoms. The zero-order valence-corrected chi connectivity index (χ0v) is 16.0. The number of benzene rings is 2. The zero-order chi connectivity index (χ0) is 19.7. The smallest absolute Gasteiger partial charge is 0.254 e. The minimum atomic E-state index is -0.636. The van der Waals surface area contributed by atoms with Gasteiger partial charge in [-0.2, -0.15) is 5.10 Å². The molecule has 1 unspecified atom stereocenters. The Labute approximate surface area is 167 Å². The van der Waals surface area contributed by atoms with Crippen molar-refractivity contribution in [3.63, 3.8) is 0 Å². The number of amides is 2. The van der Waals surface area contributed by atoms with E-state index in [0.717, 1.165) is 23.1 Å². The maximum Gasteiger partial charge on any atom is 0.254 e. The van der Waals surface area contributed by atoms with Gasteiger partial charge in [-0.3, -0.25) is 14.7 Å². The van der Waals surface area contributed by atoms with Gasteiger partial charge in [0.2, 0.25) is 5.91 Å². The van der Waals surface area contributed by atoms with Gasteiger partial charge >= 0.3 is 0 Å². The summed E-state index contributed by atoms with van der Waals surface area (Å²) >= 11 is 6.02. The lowest BCUT2D eigenvalue weighted by atomic mass is 10.0. The summed E-state index contributed by atoms with van der Waals surface area (Å²) < 4.78 is 0. The molecule has 2 amide bonds. The number of hydrogen-bond donors (Lipinski definition) is 2. The van der Waals surface area contributed by atoms with Gasteiger partial charge in [0.05, 0.1) is 17.4 Å². The van der Waals surface area contributed by atoms with Crippen molar-refractivity contribution >= 4 is 29.1 Å². The van der Waals surface area contributed by atoms with Crippen molar-refractivity contribution in [1.82, 2.24) is 15.5 Å². The Balaban J connectivity index is 1.52. The molecule has 4 rings (SSSR count). The normalized spacial score (nSPS) is 16.5. The Morgan fingerprint density at radius 1 is 1.07 bits per heavy atom. The first-order chi connectivity index (χ1) is 13.5. The highest BCUT2D eigenvalue weighted by Gasteiger charge is 2.31. The fourth-order valence-corrected chi connectivity index (χ4v) is 3.58. The maximum absolute atomic E-state index is 12.9. The molecule has 1 aromatic heterocycles. The molecule has 0 aliphatic carbocycles. The Bertz CT molecular complexity index is 1020. The molecule has 28 heavy (non-hydrogen) atoms. The van der Waals surface area contributed by atoms with Gasteiger partial charge in [-0.25, -0.2) is 0 Å². The van der Waals surface area contributed by atoms with Crippen LogP contribution in [0, 0.1) is 0 Å². The van der Waals surface area contributed by atoms with Crippen molar-refractivity contribution in [3.8, 4) is 0 Å². The molecule has 0 bridgehead atoms. The first-order valence-corrected chi connectivity index (χ1v) is 9.32. The largest absolute Gasteiger partial charge is 0.340 e. The summed E-state index contributed by atoms with van der Waals surface area (Å²) in [6, 6.07) is 12.4. The molecule has 142 valence electrons. The predicted octanol–water partition coefficient (Wildman–Crippen LogP) is 2.97. The van der Waals surface area contributed by atoms with Crippen molar-refractivity contribution in [2.24, 2.45) is 0 Å². The molecule has 0 saturated heterocycles. The third kappa shape index (κ3) is 3.64. The number of fused-ring (bicyclic) bond motifs is 1. The minimum Gasteiger partial charge on any atom is -0.340 e. The highest BCUT2D eigenvalue weighted by atomic mass is 35.5. The van der Waals surface area contributed by atoms with E-state index in [2.05, 4.69) is 15.5 Å². The number of aromatic amines is 1. The minimum absolute atomic E-state index is 0.156. The number of nitrogens with one attached hydrogen (secondary N) is 2. The first-order valence-electron chi connectivity index (χ1n) is 8.95. The van der Waals surface area contributed by atoms with Crippen LogP contribution in [0.15, 0.2) is 54.9 Å². The van der Waals surface area contributed by atoms with E-state index in [9.17, 15) is 9.59 Å². The highest BCUT2D eigenvalue weighted by molar-refractivity contribution is 6.31. The Morgan fingerprint density at radius 3 is 2.54 bits per heavy atom. The molecule has 1 atom stereocenters. The molecule has 2 N–H and O–H groups in total. The van der Waals surface area contributed by atoms with E-state index in [4.69, 9.17) is 11.6 Å². The number of rotatable bonds is 4. The first kappa shape index (κ1) is 18.3. The topological polar surface area (TPSA) is 78.1 Å². The van der Waals surface area contributed by atoms with E-state index >= 15 is 0 Å². The molecule has 6 nitrogen and oxygen atoms in total. The van der Waals surface area contributed by atoms with Crippen LogP contribution in [0.5, 0.6) is 0 Å². The van der Waals surface area contributed by atoms with E-state index in [0.29, 0.717) is 22.7 Å². The summed E-state index contributed by atoms with van der Waals surface area (Å²) in [6.45, 7) is 0. The molecule has 1 aliphatic rings. The summed E-state index contributed by atoms with van der Waals surface area (Å²) in [4.78, 5) is 27.0. The van der Waals surface area contributed by atoms with Crippen LogP contribution < -0.4 is 10.2 Å². The number of carbonyl (C=O) groups excluding carboxylic acids is 2. The molecular weight excluding hydrogens is 376 g/mol. The van der Waals surface area contributed by atoms with Crippen molar-refractivity contribution in [2.75, 3.05) is 11.9 Å². The molecule has 0 spiro atoms. The average molecular weight is 395 g/mol. The van der Waals surface area contributed by atoms with E-state index in [-0.39, 0.29) is 11.8 Å². The van der Waals surface area contributed by atoms with Crippen LogP contribution in [0.4, 0.5) is 5.69 Å². The van der Waals surface area contributed by atoms with Crippen LogP contribution >= 0.6 is 11.6 Å². The molecule has 3 aromatic rings. The molecule has 0 radical (unpaired) electrons. The number of hydrogen-bond acceptors (Lipinski definition) is 3. The second-order valence-corrected chi connectivity index (χ2v) is 7.33. The number of carbonyl (C=O) groups is 2. The third-order valence-corrected chi connectivity index (χ3v) is 5.16. The van der Waals surface area contributed by atoms with Crippen LogP contribution in [0.1, 0.15) is 27.0 Å². The van der Waals surface area contributed by atoms with Crippen LogP contribution in [-0.2, 0) is 17.6 Å². The van der Waals surface area contributed by atoms with E-state index < -0.39 is 6.04 Å².